The van der Waals surface area contributed by atoms with Gasteiger partial charge in [0.05, 0.1) is 10.6 Å². The summed E-state index contributed by atoms with van der Waals surface area (Å²) in [5, 5.41) is 9.61. The lowest BCUT2D eigenvalue weighted by Gasteiger charge is -2.16. The van der Waals surface area contributed by atoms with E-state index in [1.165, 1.54) is 6.20 Å². The van der Waals surface area contributed by atoms with Crippen molar-refractivity contribution in [1.29, 1.82) is 0 Å². The van der Waals surface area contributed by atoms with Crippen LogP contribution in [0.2, 0.25) is 0 Å². The lowest BCUT2D eigenvalue weighted by molar-refractivity contribution is 0.0696. The fraction of sp³-hybridized carbons (Fsp3) is 0.500. The van der Waals surface area contributed by atoms with Crippen LogP contribution in [-0.2, 0) is 0 Å². The number of hydrogen-bond donors (Lipinski definition) is 1. The summed E-state index contributed by atoms with van der Waals surface area (Å²) in [6, 6.07) is 3.35. The third-order valence-corrected chi connectivity index (χ3v) is 3.46. The molecule has 17 heavy (non-hydrogen) atoms. The summed E-state index contributed by atoms with van der Waals surface area (Å²) in [5.74, 6) is 0.0402. The Hall–Kier alpha value is -1.07. The molecule has 94 valence electrons. The average molecular weight is 254 g/mol. The van der Waals surface area contributed by atoms with Crippen LogP contribution in [0, 0.1) is 0 Å². The zero-order valence-corrected chi connectivity index (χ0v) is 11.0. The Balaban J connectivity index is 2.39. The topological polar surface area (TPSA) is 53.4 Å². The highest BCUT2D eigenvalue weighted by Crippen LogP contribution is 2.15. The van der Waals surface area contributed by atoms with Gasteiger partial charge in [0, 0.05) is 18.5 Å². The summed E-state index contributed by atoms with van der Waals surface area (Å²) >= 11 is 1.65. The second-order valence-electron chi connectivity index (χ2n) is 3.57. The number of carboxylic acid groups (broad SMARTS) is 1. The van der Waals surface area contributed by atoms with Crippen LogP contribution >= 0.6 is 11.8 Å². The molecule has 1 aromatic heterocycles. The van der Waals surface area contributed by atoms with Crippen LogP contribution in [0.25, 0.3) is 0 Å². The molecule has 0 fully saturated rings. The van der Waals surface area contributed by atoms with E-state index in [0.29, 0.717) is 0 Å². The van der Waals surface area contributed by atoms with Gasteiger partial charge in [-0.3, -0.25) is 0 Å². The third-order valence-electron chi connectivity index (χ3n) is 2.54. The van der Waals surface area contributed by atoms with Gasteiger partial charge < -0.3 is 10.0 Å². The molecule has 0 aliphatic heterocycles. The number of thioether (sulfide) groups is 1. The quantitative estimate of drug-likeness (QED) is 0.756. The first kappa shape index (κ1) is 14.0. The Kier molecular flexibility index (Phi) is 6.00. The van der Waals surface area contributed by atoms with Crippen LogP contribution < -0.4 is 0 Å². The molecule has 5 heteroatoms. The number of carbonyl (C=O) groups is 1. The van der Waals surface area contributed by atoms with Gasteiger partial charge in [0.1, 0.15) is 0 Å². The minimum Gasteiger partial charge on any atom is -0.478 e. The van der Waals surface area contributed by atoms with Crippen LogP contribution in [0.3, 0.4) is 0 Å². The molecular formula is C12H18N2O2S. The molecule has 1 heterocycles. The molecule has 0 spiro atoms. The van der Waals surface area contributed by atoms with E-state index in [9.17, 15) is 4.79 Å². The Bertz CT molecular complexity index is 350. The third kappa shape index (κ3) is 4.75. The molecule has 4 nitrogen and oxygen atoms in total. The van der Waals surface area contributed by atoms with Crippen LogP contribution in [0.15, 0.2) is 23.4 Å². The number of hydrogen-bond acceptors (Lipinski definition) is 4. The Morgan fingerprint density at radius 2 is 2.12 bits per heavy atom. The Labute approximate surface area is 106 Å². The van der Waals surface area contributed by atoms with Crippen molar-refractivity contribution in [3.05, 3.63) is 23.9 Å². The van der Waals surface area contributed by atoms with Gasteiger partial charge in [-0.1, -0.05) is 13.8 Å². The van der Waals surface area contributed by atoms with E-state index in [1.54, 1.807) is 23.9 Å². The lowest BCUT2D eigenvalue weighted by atomic mass is 10.3. The maximum atomic E-state index is 10.6. The zero-order valence-electron chi connectivity index (χ0n) is 10.2. The number of pyridine rings is 1. The maximum Gasteiger partial charge on any atom is 0.337 e. The van der Waals surface area contributed by atoms with E-state index >= 15 is 0 Å². The number of nitrogens with zero attached hydrogens (tertiary/aromatic N) is 2. The van der Waals surface area contributed by atoms with Gasteiger partial charge in [0.25, 0.3) is 0 Å². The Morgan fingerprint density at radius 1 is 1.41 bits per heavy atom. The largest absolute Gasteiger partial charge is 0.478 e. The summed E-state index contributed by atoms with van der Waals surface area (Å²) < 4.78 is 0. The van der Waals surface area contributed by atoms with Crippen molar-refractivity contribution < 1.29 is 9.90 Å². The molecule has 0 unspecified atom stereocenters. The van der Waals surface area contributed by atoms with Crippen LogP contribution in [-0.4, -0.2) is 46.3 Å². The second-order valence-corrected chi connectivity index (χ2v) is 4.68. The Morgan fingerprint density at radius 3 is 2.59 bits per heavy atom. The van der Waals surface area contributed by atoms with Gasteiger partial charge in [-0.25, -0.2) is 9.78 Å². The van der Waals surface area contributed by atoms with Crippen molar-refractivity contribution in [2.75, 3.05) is 25.4 Å². The van der Waals surface area contributed by atoms with Crippen molar-refractivity contribution >= 4 is 17.7 Å². The summed E-state index contributed by atoms with van der Waals surface area (Å²) in [7, 11) is 0. The normalized spacial score (nSPS) is 10.8. The molecule has 0 bridgehead atoms. The minimum atomic E-state index is -0.933. The van der Waals surface area contributed by atoms with E-state index < -0.39 is 5.97 Å². The highest BCUT2D eigenvalue weighted by atomic mass is 32.2. The number of aromatic carboxylic acids is 1. The van der Waals surface area contributed by atoms with Gasteiger partial charge in [-0.2, -0.15) is 0 Å². The van der Waals surface area contributed by atoms with Crippen molar-refractivity contribution in [2.45, 2.75) is 18.9 Å². The summed E-state index contributed by atoms with van der Waals surface area (Å²) in [6.07, 6.45) is 1.40. The second kappa shape index (κ2) is 7.29. The summed E-state index contributed by atoms with van der Waals surface area (Å²) in [4.78, 5) is 17.1. The first-order valence-corrected chi connectivity index (χ1v) is 6.70. The van der Waals surface area contributed by atoms with Crippen molar-refractivity contribution in [2.24, 2.45) is 0 Å². The molecule has 0 aromatic carbocycles. The monoisotopic (exact) mass is 254 g/mol. The molecule has 1 N–H and O–H groups in total. The SMILES string of the molecule is CCN(CC)CCSc1ccc(C(=O)O)cn1. The molecule has 1 rings (SSSR count). The zero-order chi connectivity index (χ0) is 12.7. The highest BCUT2D eigenvalue weighted by Gasteiger charge is 2.04. The molecule has 0 aliphatic rings. The fourth-order valence-electron chi connectivity index (χ4n) is 1.41. The van der Waals surface area contributed by atoms with Crippen LogP contribution in [0.5, 0.6) is 0 Å². The lowest BCUT2D eigenvalue weighted by Crippen LogP contribution is -2.25. The van der Waals surface area contributed by atoms with Gasteiger partial charge in [0.2, 0.25) is 0 Å². The standard InChI is InChI=1S/C12H18N2O2S/c1-3-14(4-2)7-8-17-11-6-5-10(9-13-11)12(15)16/h5-6,9H,3-4,7-8H2,1-2H3,(H,15,16). The van der Waals surface area contributed by atoms with Gasteiger partial charge in [0.15, 0.2) is 0 Å². The van der Waals surface area contributed by atoms with E-state index in [2.05, 4.69) is 23.7 Å². The van der Waals surface area contributed by atoms with Crippen molar-refractivity contribution in [1.82, 2.24) is 9.88 Å². The number of rotatable bonds is 7. The first-order valence-electron chi connectivity index (χ1n) is 5.71. The van der Waals surface area contributed by atoms with Crippen molar-refractivity contribution in [3.8, 4) is 0 Å². The van der Waals surface area contributed by atoms with Crippen molar-refractivity contribution in [3.63, 3.8) is 0 Å². The van der Waals surface area contributed by atoms with Gasteiger partial charge in [-0.15, -0.1) is 11.8 Å². The fourth-order valence-corrected chi connectivity index (χ4v) is 2.26. The highest BCUT2D eigenvalue weighted by molar-refractivity contribution is 7.99. The summed E-state index contributed by atoms with van der Waals surface area (Å²) in [6.45, 7) is 7.44. The average Bonchev–Trinajstić information content (AvgIpc) is 2.35. The van der Waals surface area contributed by atoms with Crippen LogP contribution in [0.1, 0.15) is 24.2 Å². The van der Waals surface area contributed by atoms with E-state index in [1.807, 2.05) is 0 Å². The minimum absolute atomic E-state index is 0.234. The van der Waals surface area contributed by atoms with Crippen LogP contribution in [0.4, 0.5) is 0 Å². The van der Waals surface area contributed by atoms with Gasteiger partial charge >= 0.3 is 5.97 Å². The molecule has 0 saturated heterocycles. The predicted molar refractivity (Wildman–Crippen MR) is 69.7 cm³/mol. The van der Waals surface area contributed by atoms with E-state index in [4.69, 9.17) is 5.11 Å². The molecule has 0 saturated carbocycles. The molecule has 0 aliphatic carbocycles. The molecule has 0 amide bonds. The molecule has 1 aromatic rings. The van der Waals surface area contributed by atoms with Gasteiger partial charge in [-0.05, 0) is 25.2 Å². The van der Waals surface area contributed by atoms with E-state index in [0.717, 1.165) is 30.4 Å². The van der Waals surface area contributed by atoms with E-state index in [-0.39, 0.29) is 5.56 Å². The molecule has 0 atom stereocenters. The smallest absolute Gasteiger partial charge is 0.337 e. The molecule has 0 radical (unpaired) electrons. The number of carboxylic acids is 1. The molecular weight excluding hydrogens is 236 g/mol. The summed E-state index contributed by atoms with van der Waals surface area (Å²) in [5.41, 5.74) is 0.234. The number of aromatic nitrogens is 1. The first-order chi connectivity index (χ1) is 8.17. The maximum absolute atomic E-state index is 10.6. The predicted octanol–water partition coefficient (Wildman–Crippen LogP) is 2.21.